The fraction of sp³-hybridized carbons (Fsp3) is 0.375. The topological polar surface area (TPSA) is 101 Å². The molecule has 1 aliphatic rings. The molecule has 1 fully saturated rings. The summed E-state index contributed by atoms with van der Waals surface area (Å²) in [7, 11) is 0. The van der Waals surface area contributed by atoms with Gasteiger partial charge in [0.25, 0.3) is 11.5 Å². The summed E-state index contributed by atoms with van der Waals surface area (Å²) in [4.78, 5) is 41.9. The van der Waals surface area contributed by atoms with E-state index in [2.05, 4.69) is 15.3 Å². The maximum absolute atomic E-state index is 11.9. The van der Waals surface area contributed by atoms with Gasteiger partial charge in [0.2, 0.25) is 0 Å². The van der Waals surface area contributed by atoms with E-state index in [1.807, 2.05) is 0 Å². The molecule has 23 heavy (non-hydrogen) atoms. The van der Waals surface area contributed by atoms with Crippen molar-refractivity contribution < 1.29 is 14.3 Å². The first-order chi connectivity index (χ1) is 11.1. The number of amides is 1. The minimum Gasteiger partial charge on any atom is -0.456 e. The third-order valence-corrected chi connectivity index (χ3v) is 3.53. The fourth-order valence-corrected chi connectivity index (χ4v) is 2.19. The van der Waals surface area contributed by atoms with Crippen molar-refractivity contribution in [3.8, 4) is 0 Å². The molecule has 1 aromatic heterocycles. The first-order valence-corrected chi connectivity index (χ1v) is 7.55. The smallest absolute Gasteiger partial charge is 0.306 e. The summed E-state index contributed by atoms with van der Waals surface area (Å²) >= 11 is 0. The van der Waals surface area contributed by atoms with Crippen LogP contribution in [0, 0.1) is 0 Å². The van der Waals surface area contributed by atoms with Crippen LogP contribution in [0.1, 0.15) is 25.1 Å². The van der Waals surface area contributed by atoms with Crippen LogP contribution >= 0.6 is 0 Å². The van der Waals surface area contributed by atoms with Gasteiger partial charge in [-0.1, -0.05) is 12.1 Å². The number of nitrogens with zero attached hydrogens (tertiary/aromatic N) is 1. The molecule has 7 heteroatoms. The number of carbonyl (C=O) groups is 2. The van der Waals surface area contributed by atoms with E-state index in [0.29, 0.717) is 16.7 Å². The Balaban J connectivity index is 1.52. The van der Waals surface area contributed by atoms with Crippen molar-refractivity contribution in [2.75, 3.05) is 6.61 Å². The van der Waals surface area contributed by atoms with Crippen molar-refractivity contribution >= 4 is 22.8 Å². The van der Waals surface area contributed by atoms with E-state index >= 15 is 0 Å². The molecule has 2 aromatic rings. The van der Waals surface area contributed by atoms with Crippen LogP contribution in [0.25, 0.3) is 10.9 Å². The van der Waals surface area contributed by atoms with Gasteiger partial charge < -0.3 is 15.0 Å². The van der Waals surface area contributed by atoms with Crippen LogP contribution in [0.15, 0.2) is 29.1 Å². The maximum atomic E-state index is 11.9. The standard InChI is InChI=1S/C16H17N3O4/c20-14(17-10-5-6-10)9-23-15(21)8-7-13-18-12-4-2-1-3-11(12)16(22)19-13/h1-4,10H,5-9H2,(H,17,20)(H,18,19,22). The average molecular weight is 315 g/mol. The molecule has 120 valence electrons. The number of aromatic amines is 1. The van der Waals surface area contributed by atoms with Crippen LogP contribution in [0.4, 0.5) is 0 Å². The lowest BCUT2D eigenvalue weighted by molar-refractivity contribution is -0.148. The highest BCUT2D eigenvalue weighted by Crippen LogP contribution is 2.18. The summed E-state index contributed by atoms with van der Waals surface area (Å²) in [6.07, 6.45) is 2.28. The monoisotopic (exact) mass is 315 g/mol. The second kappa shape index (κ2) is 6.60. The van der Waals surface area contributed by atoms with Crippen LogP contribution in [-0.4, -0.2) is 34.5 Å². The highest BCUT2D eigenvalue weighted by atomic mass is 16.5. The highest BCUT2D eigenvalue weighted by Gasteiger charge is 2.23. The molecule has 7 nitrogen and oxygen atoms in total. The number of esters is 1. The second-order valence-corrected chi connectivity index (χ2v) is 5.53. The van der Waals surface area contributed by atoms with Crippen molar-refractivity contribution in [2.24, 2.45) is 0 Å². The van der Waals surface area contributed by atoms with Crippen molar-refractivity contribution in [1.29, 1.82) is 0 Å². The average Bonchev–Trinajstić information content (AvgIpc) is 3.35. The van der Waals surface area contributed by atoms with Crippen molar-refractivity contribution in [1.82, 2.24) is 15.3 Å². The van der Waals surface area contributed by atoms with Crippen molar-refractivity contribution in [3.05, 3.63) is 40.4 Å². The van der Waals surface area contributed by atoms with Gasteiger partial charge in [-0.05, 0) is 25.0 Å². The lowest BCUT2D eigenvalue weighted by Crippen LogP contribution is -2.30. The third-order valence-electron chi connectivity index (χ3n) is 3.53. The zero-order valence-corrected chi connectivity index (χ0v) is 12.5. The molecule has 0 aliphatic heterocycles. The van der Waals surface area contributed by atoms with Crippen LogP contribution in [0.2, 0.25) is 0 Å². The number of aromatic nitrogens is 2. The number of benzene rings is 1. The molecule has 0 unspecified atom stereocenters. The molecule has 0 bridgehead atoms. The zero-order chi connectivity index (χ0) is 16.2. The number of para-hydroxylation sites is 1. The Labute approximate surface area is 132 Å². The Bertz CT molecular complexity index is 795. The van der Waals surface area contributed by atoms with Crippen LogP contribution in [0.5, 0.6) is 0 Å². The van der Waals surface area contributed by atoms with E-state index in [4.69, 9.17) is 4.74 Å². The van der Waals surface area contributed by atoms with Gasteiger partial charge in [-0.3, -0.25) is 14.4 Å². The Kier molecular flexibility index (Phi) is 4.36. The molecule has 1 amide bonds. The lowest BCUT2D eigenvalue weighted by atomic mass is 10.2. The summed E-state index contributed by atoms with van der Waals surface area (Å²) < 4.78 is 4.90. The van der Waals surface area contributed by atoms with Gasteiger partial charge in [0.15, 0.2) is 6.61 Å². The summed E-state index contributed by atoms with van der Waals surface area (Å²) in [6, 6.07) is 7.24. The van der Waals surface area contributed by atoms with E-state index in [-0.39, 0.29) is 37.0 Å². The number of aryl methyl sites for hydroxylation is 1. The van der Waals surface area contributed by atoms with Crippen molar-refractivity contribution in [2.45, 2.75) is 31.7 Å². The third kappa shape index (κ3) is 4.15. The number of nitrogens with one attached hydrogen (secondary N) is 2. The van der Waals surface area contributed by atoms with E-state index in [1.54, 1.807) is 24.3 Å². The number of ether oxygens (including phenoxy) is 1. The molecule has 1 aromatic carbocycles. The maximum Gasteiger partial charge on any atom is 0.306 e. The molecule has 3 rings (SSSR count). The summed E-state index contributed by atoms with van der Waals surface area (Å²) in [5.41, 5.74) is 0.353. The Morgan fingerprint density at radius 2 is 2.09 bits per heavy atom. The second-order valence-electron chi connectivity index (χ2n) is 5.53. The predicted molar refractivity (Wildman–Crippen MR) is 82.8 cm³/mol. The molecule has 0 spiro atoms. The van der Waals surface area contributed by atoms with Gasteiger partial charge >= 0.3 is 5.97 Å². The van der Waals surface area contributed by atoms with E-state index in [0.717, 1.165) is 12.8 Å². The molecular weight excluding hydrogens is 298 g/mol. The quantitative estimate of drug-likeness (QED) is 0.763. The first kappa shape index (κ1) is 15.2. The highest BCUT2D eigenvalue weighted by molar-refractivity contribution is 5.81. The van der Waals surface area contributed by atoms with Gasteiger partial charge in [-0.15, -0.1) is 0 Å². The van der Waals surface area contributed by atoms with Crippen LogP contribution in [-0.2, 0) is 20.7 Å². The normalized spacial score (nSPS) is 13.7. The molecule has 2 N–H and O–H groups in total. The molecule has 0 atom stereocenters. The van der Waals surface area contributed by atoms with Gasteiger partial charge in [0, 0.05) is 12.5 Å². The van der Waals surface area contributed by atoms with E-state index < -0.39 is 5.97 Å². The summed E-state index contributed by atoms with van der Waals surface area (Å²) in [5.74, 6) is -0.349. The minimum atomic E-state index is -0.494. The number of hydrogen-bond donors (Lipinski definition) is 2. The van der Waals surface area contributed by atoms with Gasteiger partial charge in [0.05, 0.1) is 17.3 Å². The Morgan fingerprint density at radius 3 is 2.87 bits per heavy atom. The Hall–Kier alpha value is -2.70. The zero-order valence-electron chi connectivity index (χ0n) is 12.5. The summed E-state index contributed by atoms with van der Waals surface area (Å²) in [5, 5.41) is 3.24. The molecule has 1 aliphatic carbocycles. The molecule has 1 heterocycles. The molecule has 0 radical (unpaired) electrons. The number of fused-ring (bicyclic) bond motifs is 1. The predicted octanol–water partition coefficient (Wildman–Crippen LogP) is 0.678. The van der Waals surface area contributed by atoms with Crippen LogP contribution in [0.3, 0.4) is 0 Å². The first-order valence-electron chi connectivity index (χ1n) is 7.55. The number of carbonyl (C=O) groups excluding carboxylic acids is 2. The van der Waals surface area contributed by atoms with E-state index in [1.165, 1.54) is 0 Å². The number of hydrogen-bond acceptors (Lipinski definition) is 5. The molecular formula is C16H17N3O4. The van der Waals surface area contributed by atoms with Gasteiger partial charge in [0.1, 0.15) is 5.82 Å². The SMILES string of the molecule is O=C(COC(=O)CCc1nc2ccccc2c(=O)[nH]1)NC1CC1. The lowest BCUT2D eigenvalue weighted by Gasteiger charge is -2.06. The van der Waals surface area contributed by atoms with Gasteiger partial charge in [-0.2, -0.15) is 0 Å². The molecule has 1 saturated carbocycles. The largest absolute Gasteiger partial charge is 0.456 e. The number of H-pyrrole nitrogens is 1. The fourth-order valence-electron chi connectivity index (χ4n) is 2.19. The van der Waals surface area contributed by atoms with Crippen LogP contribution < -0.4 is 10.9 Å². The summed E-state index contributed by atoms with van der Waals surface area (Å²) in [6.45, 7) is -0.267. The van der Waals surface area contributed by atoms with Gasteiger partial charge in [-0.25, -0.2) is 4.98 Å². The van der Waals surface area contributed by atoms with E-state index in [9.17, 15) is 14.4 Å². The number of rotatable bonds is 6. The Morgan fingerprint density at radius 1 is 1.30 bits per heavy atom. The van der Waals surface area contributed by atoms with Crippen molar-refractivity contribution in [3.63, 3.8) is 0 Å². The molecule has 0 saturated heterocycles. The minimum absolute atomic E-state index is 0.0536.